The van der Waals surface area contributed by atoms with Crippen LogP contribution >= 0.6 is 11.8 Å². The highest BCUT2D eigenvalue weighted by Crippen LogP contribution is 2.34. The van der Waals surface area contributed by atoms with Crippen molar-refractivity contribution >= 4 is 35.1 Å². The van der Waals surface area contributed by atoms with Gasteiger partial charge in [-0.1, -0.05) is 57.2 Å². The molecule has 0 spiro atoms. The number of carbonyl (C=O) groups excluding carboxylic acids is 1. The highest BCUT2D eigenvalue weighted by molar-refractivity contribution is 8.18. The molecule has 3 aromatic rings. The summed E-state index contributed by atoms with van der Waals surface area (Å²) in [6.45, 7) is 6.75. The average molecular weight is 462 g/mol. The van der Waals surface area contributed by atoms with Gasteiger partial charge in [0.05, 0.1) is 23.9 Å². The first-order valence-electron chi connectivity index (χ1n) is 10.5. The maximum absolute atomic E-state index is 13.2. The first-order chi connectivity index (χ1) is 15.8. The van der Waals surface area contributed by atoms with Crippen LogP contribution in [0.5, 0.6) is 0 Å². The number of nitrogens with zero attached hydrogens (tertiary/aromatic N) is 3. The largest absolute Gasteiger partial charge is 0.467 e. The molecule has 0 unspecified atom stereocenters. The summed E-state index contributed by atoms with van der Waals surface area (Å²) in [4.78, 5) is 15.1. The number of amidine groups is 1. The molecule has 5 nitrogen and oxygen atoms in total. The second-order valence-corrected chi connectivity index (χ2v) is 9.64. The number of furan rings is 1. The maximum Gasteiger partial charge on any atom is 0.267 e. The van der Waals surface area contributed by atoms with Gasteiger partial charge < -0.3 is 4.42 Å². The highest BCUT2D eigenvalue weighted by Gasteiger charge is 2.34. The van der Waals surface area contributed by atoms with Crippen molar-refractivity contribution in [2.45, 2.75) is 32.7 Å². The monoisotopic (exact) mass is 461 g/mol. The summed E-state index contributed by atoms with van der Waals surface area (Å²) in [6.07, 6.45) is 4.95. The molecule has 0 N–H and O–H groups in total. The lowest BCUT2D eigenvalue weighted by Gasteiger charge is -2.18. The molecule has 7 heteroatoms. The lowest BCUT2D eigenvalue weighted by molar-refractivity contribution is -0.122. The van der Waals surface area contributed by atoms with Crippen molar-refractivity contribution in [3.63, 3.8) is 0 Å². The number of hydrogen-bond acceptors (Lipinski definition) is 5. The van der Waals surface area contributed by atoms with Crippen LogP contribution < -0.4 is 0 Å². The average Bonchev–Trinajstić information content (AvgIpc) is 3.39. The molecule has 33 heavy (non-hydrogen) atoms. The first kappa shape index (κ1) is 22.7. The van der Waals surface area contributed by atoms with Gasteiger partial charge in [0.15, 0.2) is 5.17 Å². The van der Waals surface area contributed by atoms with Gasteiger partial charge in [-0.05, 0) is 64.2 Å². The van der Waals surface area contributed by atoms with Gasteiger partial charge >= 0.3 is 0 Å². The molecule has 0 radical (unpaired) electrons. The van der Waals surface area contributed by atoms with Gasteiger partial charge in [0.1, 0.15) is 11.6 Å². The summed E-state index contributed by atoms with van der Waals surface area (Å²) in [7, 11) is 0. The Morgan fingerprint density at radius 3 is 2.36 bits per heavy atom. The Hall–Kier alpha value is -3.45. The number of hydrogen-bond donors (Lipinski definition) is 0. The van der Waals surface area contributed by atoms with Gasteiger partial charge in [0.2, 0.25) is 0 Å². The first-order valence-corrected chi connectivity index (χ1v) is 11.3. The Balaban J connectivity index is 1.58. The van der Waals surface area contributed by atoms with E-state index in [1.807, 2.05) is 12.1 Å². The summed E-state index contributed by atoms with van der Waals surface area (Å²) in [6, 6.07) is 17.7. The van der Waals surface area contributed by atoms with Crippen molar-refractivity contribution in [2.24, 2.45) is 10.2 Å². The normalized spacial score (nSPS) is 17.1. The van der Waals surface area contributed by atoms with Gasteiger partial charge in [-0.15, -0.1) is 5.10 Å². The molecular formula is C26H24FN3O2S. The molecule has 2 heterocycles. The lowest BCUT2D eigenvalue weighted by Crippen LogP contribution is -2.28. The molecule has 0 aliphatic carbocycles. The van der Waals surface area contributed by atoms with E-state index in [1.54, 1.807) is 42.8 Å². The lowest BCUT2D eigenvalue weighted by atomic mass is 9.87. The predicted molar refractivity (Wildman–Crippen MR) is 131 cm³/mol. The summed E-state index contributed by atoms with van der Waals surface area (Å²) >= 11 is 1.23. The molecule has 0 saturated carbocycles. The third-order valence-electron chi connectivity index (χ3n) is 5.08. The maximum atomic E-state index is 13.2. The number of benzene rings is 2. The van der Waals surface area contributed by atoms with E-state index < -0.39 is 0 Å². The van der Waals surface area contributed by atoms with Gasteiger partial charge in [0, 0.05) is 0 Å². The van der Waals surface area contributed by atoms with Gasteiger partial charge in [-0.3, -0.25) is 9.69 Å². The van der Waals surface area contributed by atoms with Crippen LogP contribution in [-0.2, 0) is 16.8 Å². The molecule has 1 aliphatic rings. The minimum Gasteiger partial charge on any atom is -0.467 e. The SMILES string of the molecule is CC(C)(C)c1ccc(/C=N\N=C2\S/C(=C\c3ccc(F)cc3)C(=O)N2Cc2ccco2)cc1. The smallest absolute Gasteiger partial charge is 0.267 e. The molecule has 1 saturated heterocycles. The topological polar surface area (TPSA) is 58.2 Å². The molecule has 168 valence electrons. The van der Waals surface area contributed by atoms with Crippen LogP contribution in [0.15, 0.2) is 86.5 Å². The zero-order chi connectivity index (χ0) is 23.4. The molecule has 1 amide bonds. The van der Waals surface area contributed by atoms with Crippen molar-refractivity contribution in [3.8, 4) is 0 Å². The second-order valence-electron chi connectivity index (χ2n) is 8.63. The summed E-state index contributed by atoms with van der Waals surface area (Å²) in [5, 5.41) is 8.99. The van der Waals surface area contributed by atoms with Crippen molar-refractivity contribution < 1.29 is 13.6 Å². The van der Waals surface area contributed by atoms with E-state index in [1.165, 1.54) is 34.4 Å². The van der Waals surface area contributed by atoms with E-state index in [0.717, 1.165) is 11.1 Å². The van der Waals surface area contributed by atoms with E-state index >= 15 is 0 Å². The number of amides is 1. The van der Waals surface area contributed by atoms with E-state index in [4.69, 9.17) is 4.42 Å². The Morgan fingerprint density at radius 2 is 1.73 bits per heavy atom. The van der Waals surface area contributed by atoms with E-state index in [9.17, 15) is 9.18 Å². The molecule has 4 rings (SSSR count). The van der Waals surface area contributed by atoms with Crippen LogP contribution in [0.25, 0.3) is 6.08 Å². The van der Waals surface area contributed by atoms with Crippen LogP contribution in [-0.4, -0.2) is 22.2 Å². The minimum absolute atomic E-state index is 0.0797. The number of rotatable bonds is 5. The number of halogens is 1. The fraction of sp³-hybridized carbons (Fsp3) is 0.192. The Kier molecular flexibility index (Phi) is 6.60. The van der Waals surface area contributed by atoms with Gasteiger partial charge in [-0.2, -0.15) is 5.10 Å². The minimum atomic E-state index is -0.325. The summed E-state index contributed by atoms with van der Waals surface area (Å²) < 4.78 is 18.6. The molecule has 0 atom stereocenters. The Labute approximate surface area is 196 Å². The van der Waals surface area contributed by atoms with Crippen molar-refractivity contribution in [1.29, 1.82) is 0 Å². The van der Waals surface area contributed by atoms with Crippen LogP contribution in [0.1, 0.15) is 43.2 Å². The predicted octanol–water partition coefficient (Wildman–Crippen LogP) is 6.22. The van der Waals surface area contributed by atoms with Crippen molar-refractivity contribution in [1.82, 2.24) is 4.90 Å². The molecule has 0 bridgehead atoms. The van der Waals surface area contributed by atoms with Crippen LogP contribution in [0.2, 0.25) is 0 Å². The molecule has 2 aromatic carbocycles. The fourth-order valence-electron chi connectivity index (χ4n) is 3.20. The van der Waals surface area contributed by atoms with Gasteiger partial charge in [-0.25, -0.2) is 4.39 Å². The van der Waals surface area contributed by atoms with Crippen LogP contribution in [0.3, 0.4) is 0 Å². The Morgan fingerprint density at radius 1 is 1.03 bits per heavy atom. The van der Waals surface area contributed by atoms with E-state index in [-0.39, 0.29) is 23.7 Å². The summed E-state index contributed by atoms with van der Waals surface area (Å²) in [5.74, 6) is 0.111. The Bertz CT molecular complexity index is 1210. The quantitative estimate of drug-likeness (QED) is 0.257. The zero-order valence-electron chi connectivity index (χ0n) is 18.7. The second kappa shape index (κ2) is 9.58. The fourth-order valence-corrected chi connectivity index (χ4v) is 4.14. The van der Waals surface area contributed by atoms with Crippen LogP contribution in [0, 0.1) is 5.82 Å². The molecular weight excluding hydrogens is 437 g/mol. The highest BCUT2D eigenvalue weighted by atomic mass is 32.2. The molecule has 1 aromatic heterocycles. The summed E-state index contributed by atoms with van der Waals surface area (Å²) in [5.41, 5.74) is 2.97. The third-order valence-corrected chi connectivity index (χ3v) is 6.07. The van der Waals surface area contributed by atoms with Gasteiger partial charge in [0.25, 0.3) is 5.91 Å². The number of carbonyl (C=O) groups is 1. The zero-order valence-corrected chi connectivity index (χ0v) is 19.5. The van der Waals surface area contributed by atoms with Crippen molar-refractivity contribution in [2.75, 3.05) is 0 Å². The van der Waals surface area contributed by atoms with Crippen LogP contribution in [0.4, 0.5) is 4.39 Å². The third kappa shape index (κ3) is 5.68. The van der Waals surface area contributed by atoms with E-state index in [2.05, 4.69) is 43.1 Å². The van der Waals surface area contributed by atoms with E-state index in [0.29, 0.717) is 15.8 Å². The molecule has 1 aliphatic heterocycles. The number of thioether (sulfide) groups is 1. The van der Waals surface area contributed by atoms with Crippen molar-refractivity contribution in [3.05, 3.63) is 100 Å². The molecule has 1 fully saturated rings. The standard InChI is InChI=1S/C26H24FN3O2S/c1-26(2,3)20-10-6-19(7-11-20)16-28-29-25-30(17-22-5-4-14-32-22)24(31)23(33-25)15-18-8-12-21(27)13-9-18/h4-16H,17H2,1-3H3/b23-15-,28-16-,29-25+.